The minimum Gasteiger partial charge on any atom is -0.480 e. The average molecular weight is 283 g/mol. The highest BCUT2D eigenvalue weighted by molar-refractivity contribution is 6.30. The Morgan fingerprint density at radius 3 is 2.74 bits per heavy atom. The molecule has 0 saturated carbocycles. The first kappa shape index (κ1) is 13.7. The molecule has 2 aromatic rings. The number of benzene rings is 1. The number of rotatable bonds is 4. The van der Waals surface area contributed by atoms with E-state index in [0.29, 0.717) is 17.1 Å². The molecule has 0 aliphatic rings. The molecule has 0 aliphatic heterocycles. The maximum absolute atomic E-state index is 13.7. The van der Waals surface area contributed by atoms with E-state index in [0.717, 1.165) is 0 Å². The number of hydrogen-bond donors (Lipinski definition) is 1. The molecule has 1 unspecified atom stereocenters. The second-order valence-electron chi connectivity index (χ2n) is 3.93. The Kier molecular flexibility index (Phi) is 4.29. The molecule has 0 aliphatic carbocycles. The van der Waals surface area contributed by atoms with Crippen LogP contribution in [0.4, 0.5) is 4.39 Å². The van der Waals surface area contributed by atoms with E-state index in [4.69, 9.17) is 16.3 Å². The first-order valence-corrected chi connectivity index (χ1v) is 5.98. The molecule has 4 nitrogen and oxygen atoms in total. The quantitative estimate of drug-likeness (QED) is 0.936. The van der Waals surface area contributed by atoms with Crippen LogP contribution in [0.2, 0.25) is 5.02 Å². The van der Waals surface area contributed by atoms with Crippen LogP contribution in [0.1, 0.15) is 17.4 Å². The molecule has 1 N–H and O–H groups in total. The molecule has 0 spiro atoms. The van der Waals surface area contributed by atoms with Gasteiger partial charge in [0.25, 0.3) is 0 Å². The highest BCUT2D eigenvalue weighted by atomic mass is 35.5. The molecule has 0 amide bonds. The Morgan fingerprint density at radius 1 is 1.32 bits per heavy atom. The van der Waals surface area contributed by atoms with Crippen molar-refractivity contribution >= 4 is 11.6 Å². The van der Waals surface area contributed by atoms with Crippen molar-refractivity contribution in [3.05, 3.63) is 52.4 Å². The molecule has 100 valence electrons. The summed E-state index contributed by atoms with van der Waals surface area (Å²) in [7, 11) is 1.47. The molecule has 1 atom stereocenters. The van der Waals surface area contributed by atoms with Gasteiger partial charge in [-0.3, -0.25) is 0 Å². The Morgan fingerprint density at radius 2 is 2.11 bits per heavy atom. The molecule has 1 aromatic heterocycles. The van der Waals surface area contributed by atoms with Gasteiger partial charge in [0, 0.05) is 12.5 Å². The number of aromatic nitrogens is 2. The summed E-state index contributed by atoms with van der Waals surface area (Å²) >= 11 is 5.68. The number of hydrogen-bond acceptors (Lipinski definition) is 4. The Labute approximate surface area is 114 Å². The zero-order valence-electron chi connectivity index (χ0n) is 10.2. The smallest absolute Gasteiger partial charge is 0.233 e. The van der Waals surface area contributed by atoms with Crippen molar-refractivity contribution in [1.29, 1.82) is 0 Å². The fourth-order valence-corrected chi connectivity index (χ4v) is 1.83. The predicted octanol–water partition coefficient (Wildman–Crippen LogP) is 2.55. The Balaban J connectivity index is 2.15. The van der Waals surface area contributed by atoms with Gasteiger partial charge < -0.3 is 9.84 Å². The number of methoxy groups -OCH3 is 1. The summed E-state index contributed by atoms with van der Waals surface area (Å²) in [5.41, 5.74) is 0.679. The van der Waals surface area contributed by atoms with E-state index in [1.54, 1.807) is 24.3 Å². The van der Waals surface area contributed by atoms with Crippen LogP contribution in [0.25, 0.3) is 0 Å². The lowest BCUT2D eigenvalue weighted by atomic mass is 10.1. The summed E-state index contributed by atoms with van der Waals surface area (Å²) in [5, 5.41) is 17.6. The van der Waals surface area contributed by atoms with Crippen LogP contribution in [-0.4, -0.2) is 22.4 Å². The maximum atomic E-state index is 13.7. The number of aliphatic hydroxyl groups is 1. The third kappa shape index (κ3) is 3.19. The van der Waals surface area contributed by atoms with Crippen molar-refractivity contribution in [3.8, 4) is 5.88 Å². The molecule has 1 heterocycles. The van der Waals surface area contributed by atoms with E-state index in [2.05, 4.69) is 10.2 Å². The highest BCUT2D eigenvalue weighted by Gasteiger charge is 2.15. The van der Waals surface area contributed by atoms with Gasteiger partial charge in [0.05, 0.1) is 17.8 Å². The fourth-order valence-electron chi connectivity index (χ4n) is 1.64. The summed E-state index contributed by atoms with van der Waals surface area (Å²) in [4.78, 5) is 0. The lowest BCUT2D eigenvalue weighted by Gasteiger charge is -2.11. The van der Waals surface area contributed by atoms with Crippen molar-refractivity contribution in [2.24, 2.45) is 0 Å². The first-order chi connectivity index (χ1) is 9.11. The predicted molar refractivity (Wildman–Crippen MR) is 68.7 cm³/mol. The van der Waals surface area contributed by atoms with Gasteiger partial charge >= 0.3 is 0 Å². The van der Waals surface area contributed by atoms with Gasteiger partial charge in [-0.2, -0.15) is 0 Å². The molecular weight excluding hydrogens is 271 g/mol. The van der Waals surface area contributed by atoms with Gasteiger partial charge in [-0.15, -0.1) is 10.2 Å². The van der Waals surface area contributed by atoms with Crippen LogP contribution in [0, 0.1) is 5.82 Å². The second-order valence-corrected chi connectivity index (χ2v) is 4.34. The van der Waals surface area contributed by atoms with Crippen molar-refractivity contribution in [2.75, 3.05) is 7.11 Å². The Hall–Kier alpha value is -1.72. The van der Waals surface area contributed by atoms with E-state index in [1.165, 1.54) is 13.2 Å². The fraction of sp³-hybridized carbons (Fsp3) is 0.231. The molecule has 6 heteroatoms. The molecule has 1 aromatic carbocycles. The zero-order valence-corrected chi connectivity index (χ0v) is 10.9. The molecule has 0 bridgehead atoms. The van der Waals surface area contributed by atoms with E-state index < -0.39 is 11.9 Å². The third-order valence-electron chi connectivity index (χ3n) is 2.66. The van der Waals surface area contributed by atoms with Crippen LogP contribution in [-0.2, 0) is 6.42 Å². The van der Waals surface area contributed by atoms with Crippen molar-refractivity contribution < 1.29 is 14.2 Å². The standard InChI is InChI=1S/C13H12ClFN2O2/c1-19-12-6-5-10(16-17-12)11(18)7-8-3-2-4-9(14)13(8)15/h2-6,11,18H,7H2,1H3. The van der Waals surface area contributed by atoms with Gasteiger partial charge in [-0.05, 0) is 17.7 Å². The van der Waals surface area contributed by atoms with Gasteiger partial charge in [-0.1, -0.05) is 23.7 Å². The van der Waals surface area contributed by atoms with Gasteiger partial charge in [0.15, 0.2) is 0 Å². The number of ether oxygens (including phenoxy) is 1. The summed E-state index contributed by atoms with van der Waals surface area (Å²) in [6, 6.07) is 7.83. The minimum absolute atomic E-state index is 0.0329. The lowest BCUT2D eigenvalue weighted by molar-refractivity contribution is 0.170. The number of aliphatic hydroxyl groups excluding tert-OH is 1. The Bertz CT molecular complexity index is 563. The van der Waals surface area contributed by atoms with E-state index >= 15 is 0 Å². The highest BCUT2D eigenvalue weighted by Crippen LogP contribution is 2.23. The molecule has 2 rings (SSSR count). The molecule has 0 radical (unpaired) electrons. The van der Waals surface area contributed by atoms with E-state index in [-0.39, 0.29) is 11.4 Å². The van der Waals surface area contributed by atoms with Crippen molar-refractivity contribution in [3.63, 3.8) is 0 Å². The zero-order chi connectivity index (χ0) is 13.8. The van der Waals surface area contributed by atoms with Crippen LogP contribution >= 0.6 is 11.6 Å². The molecule has 0 saturated heterocycles. The summed E-state index contributed by atoms with van der Waals surface area (Å²) in [6.07, 6.45) is -0.876. The lowest BCUT2D eigenvalue weighted by Crippen LogP contribution is -2.07. The monoisotopic (exact) mass is 282 g/mol. The summed E-state index contributed by atoms with van der Waals surface area (Å²) < 4.78 is 18.6. The first-order valence-electron chi connectivity index (χ1n) is 5.60. The minimum atomic E-state index is -0.952. The van der Waals surface area contributed by atoms with E-state index in [9.17, 15) is 9.50 Å². The van der Waals surface area contributed by atoms with Crippen LogP contribution in [0.5, 0.6) is 5.88 Å². The van der Waals surface area contributed by atoms with E-state index in [1.807, 2.05) is 0 Å². The largest absolute Gasteiger partial charge is 0.480 e. The molecule has 0 fully saturated rings. The molecule has 19 heavy (non-hydrogen) atoms. The summed E-state index contributed by atoms with van der Waals surface area (Å²) in [6.45, 7) is 0. The van der Waals surface area contributed by atoms with Crippen molar-refractivity contribution in [2.45, 2.75) is 12.5 Å². The topological polar surface area (TPSA) is 55.2 Å². The van der Waals surface area contributed by atoms with Crippen LogP contribution in [0.3, 0.4) is 0 Å². The number of nitrogens with zero attached hydrogens (tertiary/aromatic N) is 2. The van der Waals surface area contributed by atoms with Gasteiger partial charge in [0.1, 0.15) is 11.9 Å². The van der Waals surface area contributed by atoms with Gasteiger partial charge in [-0.25, -0.2) is 4.39 Å². The molecular formula is C13H12ClFN2O2. The number of halogens is 2. The van der Waals surface area contributed by atoms with Gasteiger partial charge in [0.2, 0.25) is 5.88 Å². The second kappa shape index (κ2) is 5.95. The third-order valence-corrected chi connectivity index (χ3v) is 2.95. The average Bonchev–Trinajstić information content (AvgIpc) is 2.44. The SMILES string of the molecule is COc1ccc(C(O)Cc2cccc(Cl)c2F)nn1. The van der Waals surface area contributed by atoms with Crippen LogP contribution < -0.4 is 4.74 Å². The normalized spacial score (nSPS) is 12.2. The summed E-state index contributed by atoms with van der Waals surface area (Å²) in [5.74, 6) is -0.172. The van der Waals surface area contributed by atoms with Crippen LogP contribution in [0.15, 0.2) is 30.3 Å². The maximum Gasteiger partial charge on any atom is 0.233 e. The van der Waals surface area contributed by atoms with Crippen molar-refractivity contribution in [1.82, 2.24) is 10.2 Å².